The lowest BCUT2D eigenvalue weighted by Crippen LogP contribution is -2.44. The van der Waals surface area contributed by atoms with Gasteiger partial charge < -0.3 is 5.11 Å². The first-order valence-corrected chi connectivity index (χ1v) is 8.31. The van der Waals surface area contributed by atoms with E-state index >= 15 is 0 Å². The quantitative estimate of drug-likeness (QED) is 0.887. The van der Waals surface area contributed by atoms with E-state index < -0.39 is 22.1 Å². The van der Waals surface area contributed by atoms with Crippen molar-refractivity contribution in [2.24, 2.45) is 5.92 Å². The molecule has 0 radical (unpaired) electrons. The zero-order valence-corrected chi connectivity index (χ0v) is 13.0. The van der Waals surface area contributed by atoms with Gasteiger partial charge in [-0.05, 0) is 49.9 Å². The third-order valence-corrected chi connectivity index (χ3v) is 5.05. The number of hydrogen-bond acceptors (Lipinski definition) is 3. The summed E-state index contributed by atoms with van der Waals surface area (Å²) in [6.07, 6.45) is 1.08. The van der Waals surface area contributed by atoms with Gasteiger partial charge in [0.1, 0.15) is 0 Å². The second-order valence-electron chi connectivity index (χ2n) is 5.52. The molecule has 2 rings (SSSR count). The number of rotatable bonds is 4. The van der Waals surface area contributed by atoms with E-state index in [1.807, 2.05) is 19.9 Å². The molecule has 1 heterocycles. The maximum Gasteiger partial charge on any atom is 0.307 e. The number of aryl methyl sites for hydroxylation is 2. The third kappa shape index (κ3) is 3.95. The SMILES string of the molecule is Cc1cc(C)cc(NS(=O)(=O)N2CCCC(C(=O)O)C2)c1. The highest BCUT2D eigenvalue weighted by molar-refractivity contribution is 7.90. The Morgan fingerprint density at radius 2 is 1.90 bits per heavy atom. The second-order valence-corrected chi connectivity index (χ2v) is 7.19. The summed E-state index contributed by atoms with van der Waals surface area (Å²) in [6, 6.07) is 5.46. The van der Waals surface area contributed by atoms with Gasteiger partial charge >= 0.3 is 16.2 Å². The standard InChI is InChI=1S/C14H20N2O4S/c1-10-6-11(2)8-13(7-10)15-21(19,20)16-5-3-4-12(9-16)14(17)18/h6-8,12,15H,3-5,9H2,1-2H3,(H,17,18). The molecule has 0 spiro atoms. The molecule has 116 valence electrons. The first kappa shape index (κ1) is 15.8. The molecule has 0 aromatic heterocycles. The molecule has 7 heteroatoms. The highest BCUT2D eigenvalue weighted by Gasteiger charge is 2.32. The number of nitrogens with zero attached hydrogens (tertiary/aromatic N) is 1. The van der Waals surface area contributed by atoms with E-state index in [-0.39, 0.29) is 6.54 Å². The summed E-state index contributed by atoms with van der Waals surface area (Å²) in [4.78, 5) is 11.0. The number of nitrogens with one attached hydrogen (secondary N) is 1. The summed E-state index contributed by atoms with van der Waals surface area (Å²) >= 11 is 0. The normalized spacial score (nSPS) is 20.2. The topological polar surface area (TPSA) is 86.7 Å². The van der Waals surface area contributed by atoms with Crippen LogP contribution < -0.4 is 4.72 Å². The average molecular weight is 312 g/mol. The molecule has 2 N–H and O–H groups in total. The van der Waals surface area contributed by atoms with Crippen LogP contribution in [-0.4, -0.2) is 36.9 Å². The van der Waals surface area contributed by atoms with Crippen LogP contribution in [0.5, 0.6) is 0 Å². The largest absolute Gasteiger partial charge is 0.481 e. The van der Waals surface area contributed by atoms with Crippen LogP contribution in [0.2, 0.25) is 0 Å². The van der Waals surface area contributed by atoms with Crippen molar-refractivity contribution in [3.8, 4) is 0 Å². The Bertz CT molecular complexity index is 622. The van der Waals surface area contributed by atoms with Gasteiger partial charge in [-0.1, -0.05) is 6.07 Å². The van der Waals surface area contributed by atoms with Crippen LogP contribution in [0, 0.1) is 19.8 Å². The molecule has 1 saturated heterocycles. The van der Waals surface area contributed by atoms with Crippen molar-refractivity contribution >= 4 is 21.9 Å². The van der Waals surface area contributed by atoms with E-state index in [9.17, 15) is 13.2 Å². The van der Waals surface area contributed by atoms with E-state index in [4.69, 9.17) is 5.11 Å². The summed E-state index contributed by atoms with van der Waals surface area (Å²) in [5, 5.41) is 9.04. The summed E-state index contributed by atoms with van der Waals surface area (Å²) in [6.45, 7) is 4.16. The molecular weight excluding hydrogens is 292 g/mol. The molecule has 21 heavy (non-hydrogen) atoms. The van der Waals surface area contributed by atoms with Crippen molar-refractivity contribution < 1.29 is 18.3 Å². The number of hydrogen-bond donors (Lipinski definition) is 2. The highest BCUT2D eigenvalue weighted by atomic mass is 32.2. The molecule has 1 fully saturated rings. The van der Waals surface area contributed by atoms with Crippen LogP contribution in [-0.2, 0) is 15.0 Å². The predicted molar refractivity (Wildman–Crippen MR) is 80.4 cm³/mol. The molecule has 1 unspecified atom stereocenters. The molecule has 6 nitrogen and oxygen atoms in total. The molecule has 0 amide bonds. The van der Waals surface area contributed by atoms with Gasteiger partial charge in [-0.15, -0.1) is 0 Å². The van der Waals surface area contributed by atoms with E-state index in [0.717, 1.165) is 11.1 Å². The van der Waals surface area contributed by atoms with Gasteiger partial charge in [0.25, 0.3) is 0 Å². The number of carboxylic acid groups (broad SMARTS) is 1. The van der Waals surface area contributed by atoms with Crippen molar-refractivity contribution in [1.82, 2.24) is 4.31 Å². The Morgan fingerprint density at radius 1 is 1.29 bits per heavy atom. The lowest BCUT2D eigenvalue weighted by Gasteiger charge is -2.30. The number of anilines is 1. The Labute approximate surface area is 125 Å². The summed E-state index contributed by atoms with van der Waals surface area (Å²) in [7, 11) is -3.72. The maximum absolute atomic E-state index is 12.4. The van der Waals surface area contributed by atoms with Crippen molar-refractivity contribution in [3.63, 3.8) is 0 Å². The molecule has 1 atom stereocenters. The minimum atomic E-state index is -3.72. The monoisotopic (exact) mass is 312 g/mol. The molecule has 1 aromatic rings. The van der Waals surface area contributed by atoms with Crippen LogP contribution in [0.3, 0.4) is 0 Å². The minimum absolute atomic E-state index is 0.0233. The maximum atomic E-state index is 12.4. The molecular formula is C14H20N2O4S. The summed E-state index contributed by atoms with van der Waals surface area (Å²) < 4.78 is 28.5. The molecule has 1 aliphatic rings. The Hall–Kier alpha value is -1.60. The highest BCUT2D eigenvalue weighted by Crippen LogP contribution is 2.22. The van der Waals surface area contributed by atoms with Crippen molar-refractivity contribution in [2.75, 3.05) is 17.8 Å². The fourth-order valence-corrected chi connectivity index (χ4v) is 3.90. The Morgan fingerprint density at radius 3 is 2.48 bits per heavy atom. The number of carbonyl (C=O) groups is 1. The van der Waals surface area contributed by atoms with Gasteiger partial charge in [0, 0.05) is 13.1 Å². The smallest absolute Gasteiger partial charge is 0.307 e. The van der Waals surface area contributed by atoms with Crippen LogP contribution in [0.4, 0.5) is 5.69 Å². The lowest BCUT2D eigenvalue weighted by atomic mass is 10.0. The Balaban J connectivity index is 2.16. The van der Waals surface area contributed by atoms with Crippen molar-refractivity contribution in [3.05, 3.63) is 29.3 Å². The fraction of sp³-hybridized carbons (Fsp3) is 0.500. The second kappa shape index (κ2) is 6.03. The van der Waals surface area contributed by atoms with Gasteiger partial charge in [-0.3, -0.25) is 9.52 Å². The van der Waals surface area contributed by atoms with Crippen molar-refractivity contribution in [1.29, 1.82) is 0 Å². The zero-order valence-electron chi connectivity index (χ0n) is 12.2. The Kier molecular flexibility index (Phi) is 4.53. The fourth-order valence-electron chi connectivity index (χ4n) is 2.61. The van der Waals surface area contributed by atoms with E-state index in [1.165, 1.54) is 4.31 Å². The van der Waals surface area contributed by atoms with Gasteiger partial charge in [-0.2, -0.15) is 12.7 Å². The van der Waals surface area contributed by atoms with Crippen LogP contribution in [0.25, 0.3) is 0 Å². The van der Waals surface area contributed by atoms with Crippen LogP contribution in [0.1, 0.15) is 24.0 Å². The van der Waals surface area contributed by atoms with Gasteiger partial charge in [0.2, 0.25) is 0 Å². The number of aliphatic carboxylic acids is 1. The predicted octanol–water partition coefficient (Wildman–Crippen LogP) is 1.76. The van der Waals surface area contributed by atoms with Crippen molar-refractivity contribution in [2.45, 2.75) is 26.7 Å². The van der Waals surface area contributed by atoms with E-state index in [2.05, 4.69) is 4.72 Å². The van der Waals surface area contributed by atoms with Gasteiger partial charge in [0.05, 0.1) is 11.6 Å². The van der Waals surface area contributed by atoms with Crippen LogP contribution >= 0.6 is 0 Å². The first-order chi connectivity index (χ1) is 9.78. The molecule has 0 bridgehead atoms. The number of carboxylic acids is 1. The van der Waals surface area contributed by atoms with Gasteiger partial charge in [0.15, 0.2) is 0 Å². The molecule has 1 aromatic carbocycles. The van der Waals surface area contributed by atoms with Crippen LogP contribution in [0.15, 0.2) is 18.2 Å². The molecule has 1 aliphatic heterocycles. The average Bonchev–Trinajstić information content (AvgIpc) is 2.37. The van der Waals surface area contributed by atoms with E-state index in [0.29, 0.717) is 25.1 Å². The molecule has 0 saturated carbocycles. The number of benzene rings is 1. The van der Waals surface area contributed by atoms with E-state index in [1.54, 1.807) is 12.1 Å². The first-order valence-electron chi connectivity index (χ1n) is 6.87. The zero-order chi connectivity index (χ0) is 15.6. The third-order valence-electron chi connectivity index (χ3n) is 3.54. The summed E-state index contributed by atoms with van der Waals surface area (Å²) in [5.41, 5.74) is 2.44. The summed E-state index contributed by atoms with van der Waals surface area (Å²) in [5.74, 6) is -1.57. The van der Waals surface area contributed by atoms with Gasteiger partial charge in [-0.25, -0.2) is 0 Å². The minimum Gasteiger partial charge on any atom is -0.481 e. The molecule has 0 aliphatic carbocycles. The lowest BCUT2D eigenvalue weighted by molar-refractivity contribution is -0.142. The number of piperidine rings is 1.